The summed E-state index contributed by atoms with van der Waals surface area (Å²) in [5.74, 6) is 1.80. The molecule has 2 aromatic heterocycles. The summed E-state index contributed by atoms with van der Waals surface area (Å²) < 4.78 is 7.76. The van der Waals surface area contributed by atoms with Crippen molar-refractivity contribution in [3.05, 3.63) is 101 Å². The molecule has 0 fully saturated rings. The molecule has 0 amide bonds. The highest BCUT2D eigenvalue weighted by Gasteiger charge is 2.16. The van der Waals surface area contributed by atoms with Gasteiger partial charge in [-0.15, -0.1) is 0 Å². The molecule has 0 N–H and O–H groups in total. The molecule has 0 spiro atoms. The molecule has 0 saturated heterocycles. The quantitative estimate of drug-likeness (QED) is 0.356. The Morgan fingerprint density at radius 3 is 2.62 bits per heavy atom. The van der Waals surface area contributed by atoms with Gasteiger partial charge in [0.25, 0.3) is 5.69 Å². The normalized spacial score (nSPS) is 12.5. The Hall–Kier alpha value is -4.26. The van der Waals surface area contributed by atoms with Crippen LogP contribution < -0.4 is 4.74 Å². The summed E-state index contributed by atoms with van der Waals surface area (Å²) in [6.45, 7) is 0. The molecule has 1 aliphatic carbocycles. The molecule has 1 aliphatic rings. The maximum atomic E-state index is 10.9. The maximum absolute atomic E-state index is 10.9. The molecule has 4 aromatic rings. The number of benzene rings is 2. The molecule has 29 heavy (non-hydrogen) atoms. The molecular weight excluding hydrogens is 368 g/mol. The molecule has 7 heteroatoms. The molecule has 7 nitrogen and oxygen atoms in total. The molecule has 140 valence electrons. The molecule has 0 radical (unpaired) electrons. The van der Waals surface area contributed by atoms with E-state index in [-0.39, 0.29) is 5.69 Å². The van der Waals surface area contributed by atoms with Crippen molar-refractivity contribution in [3.8, 4) is 22.9 Å². The van der Waals surface area contributed by atoms with Crippen LogP contribution >= 0.6 is 0 Å². The van der Waals surface area contributed by atoms with E-state index in [2.05, 4.69) is 4.98 Å². The van der Waals surface area contributed by atoms with Crippen molar-refractivity contribution < 1.29 is 9.66 Å². The first-order valence-electron chi connectivity index (χ1n) is 8.92. The van der Waals surface area contributed by atoms with Crippen LogP contribution in [0.15, 0.2) is 85.3 Å². The predicted molar refractivity (Wildman–Crippen MR) is 109 cm³/mol. The van der Waals surface area contributed by atoms with Crippen molar-refractivity contribution in [2.75, 3.05) is 0 Å². The van der Waals surface area contributed by atoms with E-state index < -0.39 is 4.92 Å². The molecule has 0 atom stereocenters. The minimum atomic E-state index is -0.446. The number of aromatic nitrogens is 3. The fourth-order valence-corrected chi connectivity index (χ4v) is 3.17. The largest absolute Gasteiger partial charge is 0.457 e. The van der Waals surface area contributed by atoms with Crippen molar-refractivity contribution in [2.45, 2.75) is 0 Å². The number of imidazole rings is 1. The summed E-state index contributed by atoms with van der Waals surface area (Å²) >= 11 is 0. The second-order valence-corrected chi connectivity index (χ2v) is 6.48. The Kier molecular flexibility index (Phi) is 3.91. The molecule has 0 aliphatic heterocycles. The smallest absolute Gasteiger partial charge is 0.273 e. The lowest BCUT2D eigenvalue weighted by Gasteiger charge is -2.06. The standard InChI is InChI=1S/C22H14N4O3/c27-26(28)17-5-2-6-19(13-17)29-18-9-7-16(8-10-18)22-24-21(15-3-1-4-15)20-14-23-11-12-25(20)22/h1-14H. The van der Waals surface area contributed by atoms with Gasteiger partial charge in [0.2, 0.25) is 0 Å². The first kappa shape index (κ1) is 16.9. The summed E-state index contributed by atoms with van der Waals surface area (Å²) in [7, 11) is 0. The van der Waals surface area contributed by atoms with Gasteiger partial charge in [-0.05, 0) is 30.3 Å². The number of hydrogen-bond donors (Lipinski definition) is 0. The summed E-state index contributed by atoms with van der Waals surface area (Å²) in [4.78, 5) is 19.5. The monoisotopic (exact) mass is 382 g/mol. The lowest BCUT2D eigenvalue weighted by Crippen LogP contribution is -1.91. The Balaban J connectivity index is 1.47. The highest BCUT2D eigenvalue weighted by atomic mass is 16.6. The van der Waals surface area contributed by atoms with Crippen LogP contribution in [0, 0.1) is 10.1 Å². The van der Waals surface area contributed by atoms with Crippen molar-refractivity contribution in [3.63, 3.8) is 0 Å². The second-order valence-electron chi connectivity index (χ2n) is 6.48. The van der Waals surface area contributed by atoms with E-state index in [1.54, 1.807) is 24.5 Å². The number of nitro benzene ring substituents is 1. The van der Waals surface area contributed by atoms with Crippen LogP contribution in [0.4, 0.5) is 5.69 Å². The Labute approximate surface area is 165 Å². The van der Waals surface area contributed by atoms with Gasteiger partial charge in [0.1, 0.15) is 17.3 Å². The first-order chi connectivity index (χ1) is 14.2. The summed E-state index contributed by atoms with van der Waals surface area (Å²) in [6.07, 6.45) is 11.4. The van der Waals surface area contributed by atoms with E-state index in [0.717, 1.165) is 28.2 Å². The van der Waals surface area contributed by atoms with E-state index >= 15 is 0 Å². The van der Waals surface area contributed by atoms with Gasteiger partial charge in [0, 0.05) is 29.6 Å². The van der Waals surface area contributed by atoms with Crippen LogP contribution in [0.2, 0.25) is 0 Å². The zero-order chi connectivity index (χ0) is 19.8. The molecular formula is C22H14N4O3. The topological polar surface area (TPSA) is 82.6 Å². The van der Waals surface area contributed by atoms with Crippen LogP contribution in [0.25, 0.3) is 22.5 Å². The molecule has 5 rings (SSSR count). The number of non-ortho nitro benzene ring substituents is 1. The second kappa shape index (κ2) is 6.72. The van der Waals surface area contributed by atoms with Crippen LogP contribution in [-0.2, 0) is 0 Å². The van der Waals surface area contributed by atoms with E-state index in [4.69, 9.17) is 9.72 Å². The van der Waals surface area contributed by atoms with Crippen LogP contribution in [0.5, 0.6) is 11.5 Å². The third-order valence-electron chi connectivity index (χ3n) is 4.65. The molecule has 0 bridgehead atoms. The number of allylic oxidation sites excluding steroid dienone is 4. The Morgan fingerprint density at radius 1 is 1.07 bits per heavy atom. The number of ether oxygens (including phenoxy) is 1. The summed E-state index contributed by atoms with van der Waals surface area (Å²) in [6, 6.07) is 13.6. The van der Waals surface area contributed by atoms with Crippen molar-refractivity contribution in [1.82, 2.24) is 14.4 Å². The zero-order valence-corrected chi connectivity index (χ0v) is 15.1. The van der Waals surface area contributed by atoms with E-state index in [9.17, 15) is 10.1 Å². The lowest BCUT2D eigenvalue weighted by atomic mass is 10.1. The summed E-state index contributed by atoms with van der Waals surface area (Å²) in [5, 5.41) is 10.9. The number of fused-ring (bicyclic) bond motifs is 1. The predicted octanol–water partition coefficient (Wildman–Crippen LogP) is 5.05. The van der Waals surface area contributed by atoms with Gasteiger partial charge in [-0.2, -0.15) is 0 Å². The van der Waals surface area contributed by atoms with E-state index in [1.807, 2.05) is 53.1 Å². The highest BCUT2D eigenvalue weighted by molar-refractivity contribution is 5.88. The molecule has 2 heterocycles. The molecule has 0 unspecified atom stereocenters. The third-order valence-corrected chi connectivity index (χ3v) is 4.65. The van der Waals surface area contributed by atoms with Gasteiger partial charge in [-0.1, -0.05) is 24.3 Å². The Bertz CT molecular complexity index is 1300. The third kappa shape index (κ3) is 3.04. The van der Waals surface area contributed by atoms with Gasteiger partial charge in [-0.3, -0.25) is 19.5 Å². The van der Waals surface area contributed by atoms with E-state index in [0.29, 0.717) is 11.5 Å². The fourth-order valence-electron chi connectivity index (χ4n) is 3.17. The van der Waals surface area contributed by atoms with Gasteiger partial charge in [0.15, 0.2) is 0 Å². The average molecular weight is 382 g/mol. The maximum Gasteiger partial charge on any atom is 0.273 e. The van der Waals surface area contributed by atoms with Crippen molar-refractivity contribution >= 4 is 16.8 Å². The number of rotatable bonds is 5. The van der Waals surface area contributed by atoms with Gasteiger partial charge >= 0.3 is 0 Å². The van der Waals surface area contributed by atoms with Gasteiger partial charge in [-0.25, -0.2) is 4.98 Å². The zero-order valence-electron chi connectivity index (χ0n) is 15.1. The van der Waals surface area contributed by atoms with Crippen LogP contribution in [0.1, 0.15) is 5.69 Å². The molecule has 0 saturated carbocycles. The van der Waals surface area contributed by atoms with Crippen molar-refractivity contribution in [2.24, 2.45) is 0 Å². The SMILES string of the molecule is O=[N+]([O-])c1cccc(Oc2ccc(-c3nc(C4=CC=C4)c4cnccn34)cc2)c1. The minimum Gasteiger partial charge on any atom is -0.457 e. The average Bonchev–Trinajstić information content (AvgIpc) is 3.07. The summed E-state index contributed by atoms with van der Waals surface area (Å²) in [5.41, 5.74) is 3.83. The lowest BCUT2D eigenvalue weighted by molar-refractivity contribution is -0.384. The van der Waals surface area contributed by atoms with Gasteiger partial charge < -0.3 is 4.74 Å². The van der Waals surface area contributed by atoms with Crippen LogP contribution in [-0.4, -0.2) is 19.3 Å². The Morgan fingerprint density at radius 2 is 1.90 bits per heavy atom. The molecule has 2 aromatic carbocycles. The van der Waals surface area contributed by atoms with E-state index in [1.165, 1.54) is 12.1 Å². The number of hydrogen-bond acceptors (Lipinski definition) is 5. The minimum absolute atomic E-state index is 0.0107. The fraction of sp³-hybridized carbons (Fsp3) is 0. The number of nitrogens with zero attached hydrogens (tertiary/aromatic N) is 4. The number of nitro groups is 1. The first-order valence-corrected chi connectivity index (χ1v) is 8.92. The van der Waals surface area contributed by atoms with Crippen molar-refractivity contribution in [1.29, 1.82) is 0 Å². The van der Waals surface area contributed by atoms with Gasteiger partial charge in [0.05, 0.1) is 28.4 Å². The highest BCUT2D eigenvalue weighted by Crippen LogP contribution is 2.31. The van der Waals surface area contributed by atoms with Crippen LogP contribution in [0.3, 0.4) is 0 Å².